The van der Waals surface area contributed by atoms with E-state index in [9.17, 15) is 9.59 Å². The Kier molecular flexibility index (Phi) is 2.44. The smallest absolute Gasteiger partial charge is 0.343 e. The van der Waals surface area contributed by atoms with Crippen molar-refractivity contribution in [1.29, 1.82) is 0 Å². The minimum atomic E-state index is -0.736. The maximum absolute atomic E-state index is 12.1. The van der Waals surface area contributed by atoms with Crippen LogP contribution in [-0.4, -0.2) is 19.2 Å². The van der Waals surface area contributed by atoms with Crippen LogP contribution < -0.4 is 10.4 Å². The lowest BCUT2D eigenvalue weighted by molar-refractivity contribution is -0.145. The lowest BCUT2D eigenvalue weighted by Crippen LogP contribution is -2.49. The summed E-state index contributed by atoms with van der Waals surface area (Å²) in [5.41, 5.74) is -0.811. The van der Waals surface area contributed by atoms with Crippen LogP contribution in [0.15, 0.2) is 27.4 Å². The SMILES string of the molecule is CO[C@@H]1Oc2cc(C)oc(=O)c2[C@]2(C)C=CC(=O)[C@H]12. The highest BCUT2D eigenvalue weighted by molar-refractivity contribution is 5.97. The van der Waals surface area contributed by atoms with Crippen molar-refractivity contribution in [2.45, 2.75) is 25.6 Å². The van der Waals surface area contributed by atoms with Crippen LogP contribution in [0.5, 0.6) is 5.75 Å². The zero-order valence-electron chi connectivity index (χ0n) is 10.9. The number of allylic oxidation sites excluding steroid dienone is 2. The molecule has 1 aliphatic heterocycles. The van der Waals surface area contributed by atoms with Crippen molar-refractivity contribution in [3.05, 3.63) is 40.0 Å². The highest BCUT2D eigenvalue weighted by Gasteiger charge is 2.54. The Morgan fingerprint density at radius 2 is 2.11 bits per heavy atom. The first-order valence-electron chi connectivity index (χ1n) is 6.05. The normalized spacial score (nSPS) is 31.8. The van der Waals surface area contributed by atoms with E-state index in [0.29, 0.717) is 17.1 Å². The number of fused-ring (bicyclic) bond motifs is 3. The van der Waals surface area contributed by atoms with Crippen molar-refractivity contribution in [1.82, 2.24) is 0 Å². The van der Waals surface area contributed by atoms with Crippen molar-refractivity contribution in [3.8, 4) is 5.75 Å². The van der Waals surface area contributed by atoms with Crippen LogP contribution in [-0.2, 0) is 14.9 Å². The molecule has 100 valence electrons. The molecule has 0 radical (unpaired) electrons. The van der Waals surface area contributed by atoms with Gasteiger partial charge < -0.3 is 13.9 Å². The van der Waals surface area contributed by atoms with Crippen molar-refractivity contribution in [3.63, 3.8) is 0 Å². The molecule has 0 aromatic carbocycles. The summed E-state index contributed by atoms with van der Waals surface area (Å²) in [7, 11) is 1.49. The average Bonchev–Trinajstić information content (AvgIpc) is 2.64. The molecule has 5 nitrogen and oxygen atoms in total. The molecule has 0 amide bonds. The molecule has 3 atom stereocenters. The van der Waals surface area contributed by atoms with Gasteiger partial charge in [-0.05, 0) is 13.0 Å². The molecule has 1 aromatic heterocycles. The first kappa shape index (κ1) is 12.2. The fourth-order valence-electron chi connectivity index (χ4n) is 2.95. The molecule has 3 rings (SSSR count). The van der Waals surface area contributed by atoms with Gasteiger partial charge in [0.05, 0.1) is 11.5 Å². The van der Waals surface area contributed by atoms with E-state index in [1.54, 1.807) is 19.1 Å². The Morgan fingerprint density at radius 3 is 2.79 bits per heavy atom. The predicted octanol–water partition coefficient (Wildman–Crippen LogP) is 1.33. The summed E-state index contributed by atoms with van der Waals surface area (Å²) < 4.78 is 16.0. The van der Waals surface area contributed by atoms with E-state index in [2.05, 4.69) is 0 Å². The van der Waals surface area contributed by atoms with Crippen molar-refractivity contribution in [2.75, 3.05) is 7.11 Å². The Balaban J connectivity index is 2.28. The molecule has 1 aromatic rings. The summed E-state index contributed by atoms with van der Waals surface area (Å²) in [5, 5.41) is 0. The van der Waals surface area contributed by atoms with Crippen LogP contribution in [0, 0.1) is 12.8 Å². The van der Waals surface area contributed by atoms with Gasteiger partial charge in [-0.25, -0.2) is 4.79 Å². The molecule has 0 unspecified atom stereocenters. The van der Waals surface area contributed by atoms with Gasteiger partial charge in [0.15, 0.2) is 5.78 Å². The second-order valence-electron chi connectivity index (χ2n) is 5.10. The largest absolute Gasteiger partial charge is 0.463 e. The maximum atomic E-state index is 12.1. The third-order valence-corrected chi connectivity index (χ3v) is 3.87. The molecule has 0 bridgehead atoms. The number of carbonyl (C=O) groups is 1. The zero-order valence-corrected chi connectivity index (χ0v) is 10.9. The van der Waals surface area contributed by atoms with Crippen LogP contribution in [0.1, 0.15) is 18.2 Å². The summed E-state index contributed by atoms with van der Waals surface area (Å²) in [6.45, 7) is 3.51. The molecular formula is C14H14O5. The second-order valence-corrected chi connectivity index (χ2v) is 5.10. The number of aryl methyl sites for hydroxylation is 1. The van der Waals surface area contributed by atoms with E-state index >= 15 is 0 Å². The number of rotatable bonds is 1. The second kappa shape index (κ2) is 3.81. The summed E-state index contributed by atoms with van der Waals surface area (Å²) in [6, 6.07) is 1.65. The van der Waals surface area contributed by atoms with Gasteiger partial charge in [0.25, 0.3) is 0 Å². The maximum Gasteiger partial charge on any atom is 0.343 e. The van der Waals surface area contributed by atoms with Crippen LogP contribution in [0.3, 0.4) is 0 Å². The van der Waals surface area contributed by atoms with Crippen molar-refractivity contribution >= 4 is 5.78 Å². The summed E-state index contributed by atoms with van der Waals surface area (Å²) >= 11 is 0. The number of carbonyl (C=O) groups excluding carboxylic acids is 1. The highest BCUT2D eigenvalue weighted by atomic mass is 16.7. The Hall–Kier alpha value is -1.88. The molecule has 19 heavy (non-hydrogen) atoms. The minimum absolute atomic E-state index is 0.0972. The minimum Gasteiger partial charge on any atom is -0.463 e. The molecular weight excluding hydrogens is 248 g/mol. The van der Waals surface area contributed by atoms with Gasteiger partial charge in [-0.3, -0.25) is 4.79 Å². The molecule has 2 heterocycles. The average molecular weight is 262 g/mol. The molecule has 0 N–H and O–H groups in total. The first-order valence-corrected chi connectivity index (χ1v) is 6.05. The molecule has 0 fully saturated rings. The van der Waals surface area contributed by atoms with Crippen LogP contribution in [0.4, 0.5) is 0 Å². The summed E-state index contributed by atoms with van der Waals surface area (Å²) in [6.07, 6.45) is 2.52. The van der Waals surface area contributed by atoms with E-state index < -0.39 is 23.2 Å². The predicted molar refractivity (Wildman–Crippen MR) is 66.1 cm³/mol. The van der Waals surface area contributed by atoms with Gasteiger partial charge in [0.2, 0.25) is 6.29 Å². The Labute approximate surface area is 109 Å². The van der Waals surface area contributed by atoms with Crippen LogP contribution >= 0.6 is 0 Å². The molecule has 1 aliphatic carbocycles. The van der Waals surface area contributed by atoms with E-state index in [4.69, 9.17) is 13.9 Å². The highest BCUT2D eigenvalue weighted by Crippen LogP contribution is 2.47. The monoisotopic (exact) mass is 262 g/mol. The van der Waals surface area contributed by atoms with Crippen LogP contribution in [0.2, 0.25) is 0 Å². The van der Waals surface area contributed by atoms with E-state index in [1.807, 2.05) is 6.92 Å². The summed E-state index contributed by atoms with van der Waals surface area (Å²) in [5.74, 6) is 0.253. The van der Waals surface area contributed by atoms with E-state index in [0.717, 1.165) is 0 Å². The lowest BCUT2D eigenvalue weighted by atomic mass is 9.72. The topological polar surface area (TPSA) is 65.7 Å². The van der Waals surface area contributed by atoms with Gasteiger partial charge >= 0.3 is 5.63 Å². The number of hydrogen-bond donors (Lipinski definition) is 0. The number of ketones is 1. The molecule has 5 heteroatoms. The fourth-order valence-corrected chi connectivity index (χ4v) is 2.95. The molecule has 0 spiro atoms. The van der Waals surface area contributed by atoms with E-state index in [1.165, 1.54) is 13.2 Å². The number of hydrogen-bond acceptors (Lipinski definition) is 5. The summed E-state index contributed by atoms with van der Waals surface area (Å²) in [4.78, 5) is 24.1. The zero-order chi connectivity index (χ0) is 13.8. The first-order chi connectivity index (χ1) is 8.97. The third kappa shape index (κ3) is 1.51. The standard InChI is InChI=1S/C14H14O5/c1-7-6-9-11(12(16)18-7)14(2)5-4-8(15)10(14)13(17-3)19-9/h4-6,10,13H,1-3H3/t10-,13-,14-/m1/s1. The van der Waals surface area contributed by atoms with Crippen molar-refractivity contribution in [2.24, 2.45) is 5.92 Å². The van der Waals surface area contributed by atoms with Crippen molar-refractivity contribution < 1.29 is 18.7 Å². The Morgan fingerprint density at radius 1 is 1.37 bits per heavy atom. The van der Waals surface area contributed by atoms with Gasteiger partial charge in [-0.2, -0.15) is 0 Å². The third-order valence-electron chi connectivity index (χ3n) is 3.87. The molecule has 2 aliphatic rings. The van der Waals surface area contributed by atoms with Gasteiger partial charge in [0, 0.05) is 18.6 Å². The van der Waals surface area contributed by atoms with Crippen LogP contribution in [0.25, 0.3) is 0 Å². The fraction of sp³-hybridized carbons (Fsp3) is 0.429. The Bertz CT molecular complexity index is 642. The molecule has 0 saturated heterocycles. The van der Waals surface area contributed by atoms with E-state index in [-0.39, 0.29) is 5.78 Å². The number of methoxy groups -OCH3 is 1. The van der Waals surface area contributed by atoms with Gasteiger partial charge in [-0.1, -0.05) is 13.0 Å². The quantitative estimate of drug-likeness (QED) is 0.763. The van der Waals surface area contributed by atoms with Gasteiger partial charge in [-0.15, -0.1) is 0 Å². The lowest BCUT2D eigenvalue weighted by Gasteiger charge is -2.39. The number of ether oxygens (including phenoxy) is 2. The van der Waals surface area contributed by atoms with Gasteiger partial charge in [0.1, 0.15) is 11.5 Å². The molecule has 0 saturated carbocycles.